The first-order valence-corrected chi connectivity index (χ1v) is 14.1. The molecule has 0 N–H and O–H groups in total. The molecule has 5 rings (SSSR count). The molecule has 2 aromatic rings. The number of anilines is 1. The highest BCUT2D eigenvalue weighted by atomic mass is 32.2. The Labute approximate surface area is 224 Å². The van der Waals surface area contributed by atoms with Gasteiger partial charge in [-0.3, -0.25) is 9.69 Å². The Morgan fingerprint density at radius 2 is 2.03 bits per heavy atom. The zero-order valence-corrected chi connectivity index (χ0v) is 23.3. The Morgan fingerprint density at radius 1 is 1.24 bits per heavy atom. The summed E-state index contributed by atoms with van der Waals surface area (Å²) < 4.78 is 11.7. The lowest BCUT2D eigenvalue weighted by Gasteiger charge is -2.47. The van der Waals surface area contributed by atoms with Crippen LogP contribution < -0.4 is 9.64 Å². The number of hydrogen-bond acceptors (Lipinski definition) is 6. The summed E-state index contributed by atoms with van der Waals surface area (Å²) in [7, 11) is 1.70. The first-order chi connectivity index (χ1) is 17.8. The molecule has 196 valence electrons. The molecule has 2 atom stereocenters. The Balaban J connectivity index is 1.53. The molecule has 37 heavy (non-hydrogen) atoms. The molecule has 3 heterocycles. The number of carbonyl (C=O) groups is 1. The normalized spacial score (nSPS) is 25.3. The number of fused-ring (bicyclic) bond motifs is 1. The molecule has 2 fully saturated rings. The van der Waals surface area contributed by atoms with Crippen molar-refractivity contribution in [1.82, 2.24) is 4.90 Å². The van der Waals surface area contributed by atoms with E-state index in [0.717, 1.165) is 49.4 Å². The number of benzene rings is 2. The lowest BCUT2D eigenvalue weighted by molar-refractivity contribution is -0.123. The van der Waals surface area contributed by atoms with Crippen molar-refractivity contribution in [3.63, 3.8) is 0 Å². The molecule has 0 aliphatic carbocycles. The van der Waals surface area contributed by atoms with Crippen molar-refractivity contribution in [1.29, 1.82) is 0 Å². The average molecular weight is 520 g/mol. The number of hydrogen-bond donors (Lipinski definition) is 0. The van der Waals surface area contributed by atoms with Crippen molar-refractivity contribution in [2.75, 3.05) is 31.7 Å². The highest BCUT2D eigenvalue weighted by Crippen LogP contribution is 2.46. The number of thioether (sulfide) groups is 1. The first-order valence-electron chi connectivity index (χ1n) is 13.3. The first kappa shape index (κ1) is 25.9. The van der Waals surface area contributed by atoms with E-state index < -0.39 is 0 Å². The van der Waals surface area contributed by atoms with Crippen LogP contribution in [0.2, 0.25) is 0 Å². The molecule has 7 heteroatoms. The second-order valence-electron chi connectivity index (χ2n) is 10.7. The van der Waals surface area contributed by atoms with Crippen molar-refractivity contribution in [2.24, 2.45) is 4.99 Å². The summed E-state index contributed by atoms with van der Waals surface area (Å²) >= 11 is 1.43. The molecule has 0 radical (unpaired) electrons. The van der Waals surface area contributed by atoms with E-state index in [1.807, 2.05) is 36.4 Å². The Kier molecular flexibility index (Phi) is 7.37. The van der Waals surface area contributed by atoms with Crippen LogP contribution >= 0.6 is 11.8 Å². The molecule has 0 spiro atoms. The van der Waals surface area contributed by atoms with E-state index in [0.29, 0.717) is 22.5 Å². The van der Waals surface area contributed by atoms with E-state index in [4.69, 9.17) is 14.5 Å². The summed E-state index contributed by atoms with van der Waals surface area (Å²) in [5.74, 6) is 1.16. The minimum Gasteiger partial charge on any atom is -0.496 e. The summed E-state index contributed by atoms with van der Waals surface area (Å²) in [6, 6.07) is 14.2. The van der Waals surface area contributed by atoms with E-state index in [2.05, 4.69) is 44.7 Å². The van der Waals surface area contributed by atoms with Crippen LogP contribution in [-0.2, 0) is 9.53 Å². The zero-order chi connectivity index (χ0) is 26.2. The second-order valence-corrected chi connectivity index (χ2v) is 11.7. The summed E-state index contributed by atoms with van der Waals surface area (Å²) in [6.45, 7) is 11.3. The topological polar surface area (TPSA) is 54.4 Å². The van der Waals surface area contributed by atoms with Gasteiger partial charge in [-0.15, -0.1) is 0 Å². The van der Waals surface area contributed by atoms with Gasteiger partial charge in [0.05, 0.1) is 30.4 Å². The third-order valence-electron chi connectivity index (χ3n) is 7.62. The minimum atomic E-state index is -0.0284. The number of rotatable bonds is 6. The van der Waals surface area contributed by atoms with Crippen LogP contribution in [0.4, 0.5) is 11.4 Å². The van der Waals surface area contributed by atoms with Gasteiger partial charge < -0.3 is 14.4 Å². The molecule has 0 bridgehead atoms. The lowest BCUT2D eigenvalue weighted by atomic mass is 9.79. The molecule has 2 unspecified atom stereocenters. The van der Waals surface area contributed by atoms with Crippen molar-refractivity contribution in [3.8, 4) is 5.75 Å². The van der Waals surface area contributed by atoms with E-state index in [1.165, 1.54) is 23.0 Å². The maximum absolute atomic E-state index is 13.7. The molecule has 3 aliphatic rings. The molecule has 6 nitrogen and oxygen atoms in total. The number of amides is 1. The van der Waals surface area contributed by atoms with Crippen molar-refractivity contribution in [2.45, 2.75) is 64.5 Å². The van der Waals surface area contributed by atoms with Gasteiger partial charge in [-0.05, 0) is 87.6 Å². The number of ether oxygens (including phenoxy) is 2. The van der Waals surface area contributed by atoms with Crippen molar-refractivity contribution in [3.05, 3.63) is 58.5 Å². The monoisotopic (exact) mass is 519 g/mol. The fraction of sp³-hybridized carbons (Fsp3) is 0.467. The van der Waals surface area contributed by atoms with E-state index in [-0.39, 0.29) is 17.6 Å². The number of carbonyl (C=O) groups excluding carboxylic acids is 1. The number of para-hydroxylation sites is 1. The molecule has 1 amide bonds. The zero-order valence-electron chi connectivity index (χ0n) is 22.5. The minimum absolute atomic E-state index is 0.0284. The Bertz CT molecular complexity index is 1220. The third-order valence-corrected chi connectivity index (χ3v) is 8.63. The van der Waals surface area contributed by atoms with E-state index >= 15 is 0 Å². The maximum Gasteiger partial charge on any atom is 0.266 e. The van der Waals surface area contributed by atoms with Gasteiger partial charge in [-0.1, -0.05) is 25.1 Å². The molecule has 2 aromatic carbocycles. The fourth-order valence-corrected chi connectivity index (χ4v) is 6.91. The lowest BCUT2D eigenvalue weighted by Crippen LogP contribution is -2.48. The largest absolute Gasteiger partial charge is 0.496 e. The predicted octanol–water partition coefficient (Wildman–Crippen LogP) is 6.59. The second kappa shape index (κ2) is 10.5. The van der Waals surface area contributed by atoms with Gasteiger partial charge in [0, 0.05) is 36.0 Å². The van der Waals surface area contributed by atoms with Gasteiger partial charge in [-0.25, -0.2) is 4.99 Å². The summed E-state index contributed by atoms with van der Waals surface area (Å²) in [4.78, 5) is 23.4. The van der Waals surface area contributed by atoms with Crippen LogP contribution in [0.15, 0.2) is 52.4 Å². The van der Waals surface area contributed by atoms with Gasteiger partial charge in [0.25, 0.3) is 5.91 Å². The molecule has 2 saturated heterocycles. The number of aliphatic imine (C=N–C) groups is 1. The van der Waals surface area contributed by atoms with E-state index in [1.54, 1.807) is 12.0 Å². The smallest absolute Gasteiger partial charge is 0.266 e. The molecular weight excluding hydrogens is 482 g/mol. The number of methoxy groups -OCH3 is 1. The SMILES string of the molecule is CCN1c2cc(OC)c(/C=C3/SC(=Nc4ccccc4)N(CC4CCCO4)C3=O)cc2C(C)CC1(C)C. The van der Waals surface area contributed by atoms with Gasteiger partial charge in [-0.2, -0.15) is 0 Å². The van der Waals surface area contributed by atoms with E-state index in [9.17, 15) is 4.79 Å². The highest BCUT2D eigenvalue weighted by Gasteiger charge is 2.38. The van der Waals surface area contributed by atoms with Gasteiger partial charge in [0.2, 0.25) is 0 Å². The van der Waals surface area contributed by atoms with Crippen molar-refractivity contribution >= 4 is 40.3 Å². The molecule has 3 aliphatic heterocycles. The predicted molar refractivity (Wildman–Crippen MR) is 153 cm³/mol. The molecule has 0 aromatic heterocycles. The number of amidine groups is 1. The van der Waals surface area contributed by atoms with Crippen LogP contribution in [0.3, 0.4) is 0 Å². The van der Waals surface area contributed by atoms with Crippen LogP contribution in [-0.4, -0.2) is 54.4 Å². The maximum atomic E-state index is 13.7. The summed E-state index contributed by atoms with van der Waals surface area (Å²) in [5, 5.41) is 0.696. The highest BCUT2D eigenvalue weighted by molar-refractivity contribution is 8.18. The van der Waals surface area contributed by atoms with Crippen LogP contribution in [0.25, 0.3) is 6.08 Å². The molecule has 0 saturated carbocycles. The Hall–Kier alpha value is -2.77. The Morgan fingerprint density at radius 3 is 2.70 bits per heavy atom. The molecular formula is C30H37N3O3S. The third kappa shape index (κ3) is 5.16. The summed E-state index contributed by atoms with van der Waals surface area (Å²) in [6.07, 6.45) is 5.10. The van der Waals surface area contributed by atoms with Crippen LogP contribution in [0.5, 0.6) is 5.75 Å². The van der Waals surface area contributed by atoms with Crippen LogP contribution in [0, 0.1) is 0 Å². The standard InChI is InChI=1S/C30H37N3O3S/c1-6-33-25-17-26(35-5)21(15-24(25)20(2)18-30(33,3)4)16-27-28(34)32(19-23-13-10-14-36-23)29(37-27)31-22-11-8-7-9-12-22/h7-9,11-12,15-17,20,23H,6,10,13-14,18-19H2,1-5H3/b27-16+,31-29?. The van der Waals surface area contributed by atoms with Crippen molar-refractivity contribution < 1.29 is 14.3 Å². The van der Waals surface area contributed by atoms with Gasteiger partial charge in [0.1, 0.15) is 5.75 Å². The van der Waals surface area contributed by atoms with Gasteiger partial charge in [0.15, 0.2) is 5.17 Å². The van der Waals surface area contributed by atoms with Gasteiger partial charge >= 0.3 is 0 Å². The average Bonchev–Trinajstić information content (AvgIpc) is 3.49. The quantitative estimate of drug-likeness (QED) is 0.403. The van der Waals surface area contributed by atoms with Crippen LogP contribution in [0.1, 0.15) is 64.0 Å². The fourth-order valence-electron chi connectivity index (χ4n) is 5.91. The number of nitrogens with zero attached hydrogens (tertiary/aromatic N) is 3. The summed E-state index contributed by atoms with van der Waals surface area (Å²) in [5.41, 5.74) is 4.37.